The molecule has 1 amide bonds. The summed E-state index contributed by atoms with van der Waals surface area (Å²) in [5.41, 5.74) is -2.04. The lowest BCUT2D eigenvalue weighted by molar-refractivity contribution is -0.387. The van der Waals surface area contributed by atoms with E-state index in [1.54, 1.807) is 20.8 Å². The second kappa shape index (κ2) is 7.64. The van der Waals surface area contributed by atoms with Gasteiger partial charge in [0, 0.05) is 18.1 Å². The van der Waals surface area contributed by atoms with E-state index in [2.05, 4.69) is 21.2 Å². The summed E-state index contributed by atoms with van der Waals surface area (Å²) < 4.78 is 18.1. The number of aliphatic carboxylic acids is 1. The van der Waals surface area contributed by atoms with Crippen LogP contribution in [0.25, 0.3) is 0 Å². The highest BCUT2D eigenvalue weighted by Gasteiger charge is 2.29. The summed E-state index contributed by atoms with van der Waals surface area (Å²) in [5, 5.41) is 32.0. The lowest BCUT2D eigenvalue weighted by atomic mass is 10.0. The number of carboxylic acid groups (broad SMARTS) is 1. The molecule has 0 aliphatic rings. The van der Waals surface area contributed by atoms with Crippen LogP contribution in [-0.2, 0) is 16.0 Å². The van der Waals surface area contributed by atoms with E-state index in [1.807, 2.05) is 0 Å². The molecule has 25 heavy (non-hydrogen) atoms. The molecular formula is C14H16BrFN2O7. The molecule has 0 aliphatic carbocycles. The quantitative estimate of drug-likeness (QED) is 0.489. The van der Waals surface area contributed by atoms with Crippen LogP contribution in [0.4, 0.5) is 14.9 Å². The van der Waals surface area contributed by atoms with Crippen LogP contribution >= 0.6 is 15.9 Å². The average molecular weight is 423 g/mol. The maximum absolute atomic E-state index is 13.7. The van der Waals surface area contributed by atoms with Gasteiger partial charge in [0.1, 0.15) is 21.9 Å². The standard InChI is InChI=1S/C14H16BrFN2O7/c1-14(2,3)25-13(22)17-7(12(20)21)4-6-5-8(18(23)24)10(16)9(15)11(6)19/h5,7,19H,4H2,1-3H3,(H,17,22)(H,20,21). The predicted octanol–water partition coefficient (Wildman–Crippen LogP) is 2.72. The summed E-state index contributed by atoms with van der Waals surface area (Å²) in [6.45, 7) is 4.73. The molecule has 1 aromatic carbocycles. The number of hydrogen-bond donors (Lipinski definition) is 3. The minimum atomic E-state index is -1.56. The molecule has 0 heterocycles. The number of nitrogens with one attached hydrogen (secondary N) is 1. The molecule has 0 aromatic heterocycles. The van der Waals surface area contributed by atoms with Crippen LogP contribution in [-0.4, -0.2) is 38.8 Å². The number of rotatable bonds is 5. The number of nitrogens with zero attached hydrogens (tertiary/aromatic N) is 1. The van der Waals surface area contributed by atoms with E-state index in [9.17, 15) is 34.3 Å². The second-order valence-electron chi connectivity index (χ2n) is 6.03. The van der Waals surface area contributed by atoms with Crippen molar-refractivity contribution in [2.75, 3.05) is 0 Å². The molecule has 1 aromatic rings. The first-order valence-electron chi connectivity index (χ1n) is 6.90. The number of carbonyl (C=O) groups is 2. The number of carboxylic acids is 1. The molecule has 0 saturated carbocycles. The summed E-state index contributed by atoms with van der Waals surface area (Å²) >= 11 is 2.68. The van der Waals surface area contributed by atoms with Crippen molar-refractivity contribution in [2.45, 2.75) is 38.8 Å². The number of ether oxygens (including phenoxy) is 1. The Kier molecular flexibility index (Phi) is 6.30. The lowest BCUT2D eigenvalue weighted by Crippen LogP contribution is -2.44. The molecule has 0 fully saturated rings. The number of benzene rings is 1. The van der Waals surface area contributed by atoms with Gasteiger partial charge in [0.05, 0.1) is 4.92 Å². The first-order chi connectivity index (χ1) is 11.3. The van der Waals surface area contributed by atoms with Crippen molar-refractivity contribution >= 4 is 33.7 Å². The molecule has 1 rings (SSSR count). The third kappa shape index (κ3) is 5.55. The summed E-state index contributed by atoms with van der Waals surface area (Å²) in [5.74, 6) is -3.45. The number of nitro benzene ring substituents is 1. The Bertz CT molecular complexity index is 718. The molecule has 138 valence electrons. The molecule has 0 bridgehead atoms. The summed E-state index contributed by atoms with van der Waals surface area (Å²) in [7, 11) is 0. The minimum Gasteiger partial charge on any atom is -0.506 e. The molecule has 1 atom stereocenters. The number of alkyl carbamates (subject to hydrolysis) is 1. The topological polar surface area (TPSA) is 139 Å². The molecule has 3 N–H and O–H groups in total. The zero-order valence-corrected chi connectivity index (χ0v) is 15.1. The number of nitro groups is 1. The lowest BCUT2D eigenvalue weighted by Gasteiger charge is -2.22. The average Bonchev–Trinajstić information content (AvgIpc) is 2.44. The van der Waals surface area contributed by atoms with Gasteiger partial charge in [-0.3, -0.25) is 10.1 Å². The van der Waals surface area contributed by atoms with E-state index in [1.165, 1.54) is 0 Å². The van der Waals surface area contributed by atoms with E-state index in [4.69, 9.17) is 4.74 Å². The van der Waals surface area contributed by atoms with Gasteiger partial charge in [0.25, 0.3) is 0 Å². The molecule has 0 aliphatic heterocycles. The Hall–Kier alpha value is -2.43. The summed E-state index contributed by atoms with van der Waals surface area (Å²) in [6, 6.07) is -0.847. The third-order valence-electron chi connectivity index (χ3n) is 2.85. The third-order valence-corrected chi connectivity index (χ3v) is 3.57. The summed E-state index contributed by atoms with van der Waals surface area (Å²) in [4.78, 5) is 32.9. The first-order valence-corrected chi connectivity index (χ1v) is 7.69. The number of hydrogen-bond acceptors (Lipinski definition) is 6. The van der Waals surface area contributed by atoms with Crippen molar-refractivity contribution in [3.63, 3.8) is 0 Å². The zero-order chi connectivity index (χ0) is 19.5. The minimum absolute atomic E-state index is 0.233. The van der Waals surface area contributed by atoms with Crippen molar-refractivity contribution in [3.8, 4) is 5.75 Å². The molecule has 9 nitrogen and oxygen atoms in total. The van der Waals surface area contributed by atoms with E-state index < -0.39 is 56.8 Å². The largest absolute Gasteiger partial charge is 0.506 e. The van der Waals surface area contributed by atoms with Crippen molar-refractivity contribution < 1.29 is 33.9 Å². The molecule has 11 heteroatoms. The molecule has 0 radical (unpaired) electrons. The van der Waals surface area contributed by atoms with Crippen LogP contribution in [0.15, 0.2) is 10.5 Å². The van der Waals surface area contributed by atoms with Gasteiger partial charge in [-0.25, -0.2) is 9.59 Å². The van der Waals surface area contributed by atoms with Crippen LogP contribution < -0.4 is 5.32 Å². The number of amides is 1. The van der Waals surface area contributed by atoms with Crippen LogP contribution in [0, 0.1) is 15.9 Å². The number of phenols is 1. The summed E-state index contributed by atoms with van der Waals surface area (Å²) in [6.07, 6.45) is -1.55. The Morgan fingerprint density at radius 1 is 1.48 bits per heavy atom. The zero-order valence-electron chi connectivity index (χ0n) is 13.5. The van der Waals surface area contributed by atoms with Gasteiger partial charge >= 0.3 is 17.7 Å². The molecular weight excluding hydrogens is 407 g/mol. The number of aromatic hydroxyl groups is 1. The van der Waals surface area contributed by atoms with Gasteiger partial charge in [-0.2, -0.15) is 4.39 Å². The van der Waals surface area contributed by atoms with Crippen molar-refractivity contribution in [2.24, 2.45) is 0 Å². The van der Waals surface area contributed by atoms with Crippen molar-refractivity contribution in [1.29, 1.82) is 0 Å². The Balaban J connectivity index is 3.13. The van der Waals surface area contributed by atoms with Crippen LogP contribution in [0.1, 0.15) is 26.3 Å². The first kappa shape index (κ1) is 20.6. The fraction of sp³-hybridized carbons (Fsp3) is 0.429. The van der Waals surface area contributed by atoms with E-state index in [0.29, 0.717) is 6.07 Å². The fourth-order valence-electron chi connectivity index (χ4n) is 1.81. The van der Waals surface area contributed by atoms with Crippen molar-refractivity contribution in [3.05, 3.63) is 32.0 Å². The van der Waals surface area contributed by atoms with E-state index in [-0.39, 0.29) is 5.56 Å². The fourth-order valence-corrected chi connectivity index (χ4v) is 2.27. The van der Waals surface area contributed by atoms with Crippen LogP contribution in [0.3, 0.4) is 0 Å². The maximum atomic E-state index is 13.7. The molecule has 0 saturated heterocycles. The normalized spacial score (nSPS) is 12.4. The SMILES string of the molecule is CC(C)(C)OC(=O)NC(Cc1cc([N+](=O)[O-])c(F)c(Br)c1O)C(=O)O. The highest BCUT2D eigenvalue weighted by molar-refractivity contribution is 9.10. The number of halogens is 2. The maximum Gasteiger partial charge on any atom is 0.408 e. The van der Waals surface area contributed by atoms with Gasteiger partial charge in [0.15, 0.2) is 0 Å². The highest BCUT2D eigenvalue weighted by Crippen LogP contribution is 2.36. The monoisotopic (exact) mass is 422 g/mol. The number of carbonyl (C=O) groups excluding carboxylic acids is 1. The second-order valence-corrected chi connectivity index (χ2v) is 6.82. The van der Waals surface area contributed by atoms with E-state index in [0.717, 1.165) is 0 Å². The molecule has 0 spiro atoms. The van der Waals surface area contributed by atoms with Gasteiger partial charge < -0.3 is 20.3 Å². The van der Waals surface area contributed by atoms with Crippen LogP contribution in [0.2, 0.25) is 0 Å². The van der Waals surface area contributed by atoms with Crippen LogP contribution in [0.5, 0.6) is 5.75 Å². The number of phenolic OH excluding ortho intramolecular Hbond substituents is 1. The van der Waals surface area contributed by atoms with Gasteiger partial charge in [0.2, 0.25) is 5.82 Å². The Labute approximate surface area is 150 Å². The highest BCUT2D eigenvalue weighted by atomic mass is 79.9. The molecule has 1 unspecified atom stereocenters. The van der Waals surface area contributed by atoms with Gasteiger partial charge in [-0.05, 0) is 36.7 Å². The Morgan fingerprint density at radius 2 is 2.04 bits per heavy atom. The van der Waals surface area contributed by atoms with Gasteiger partial charge in [-0.15, -0.1) is 0 Å². The Morgan fingerprint density at radius 3 is 2.48 bits per heavy atom. The van der Waals surface area contributed by atoms with Gasteiger partial charge in [-0.1, -0.05) is 0 Å². The van der Waals surface area contributed by atoms with E-state index >= 15 is 0 Å². The predicted molar refractivity (Wildman–Crippen MR) is 86.9 cm³/mol. The smallest absolute Gasteiger partial charge is 0.408 e. The van der Waals surface area contributed by atoms with Crippen molar-refractivity contribution in [1.82, 2.24) is 5.32 Å².